The van der Waals surface area contributed by atoms with E-state index in [-0.39, 0.29) is 0 Å². The Labute approximate surface area is 211 Å². The summed E-state index contributed by atoms with van der Waals surface area (Å²) < 4.78 is 35.3. The highest BCUT2D eigenvalue weighted by Gasteiger charge is 2.30. The van der Waals surface area contributed by atoms with E-state index < -0.39 is 10.0 Å². The van der Waals surface area contributed by atoms with Crippen molar-refractivity contribution < 1.29 is 13.2 Å². The van der Waals surface area contributed by atoms with Gasteiger partial charge in [0.15, 0.2) is 0 Å². The zero-order valence-corrected chi connectivity index (χ0v) is 21.4. The molecule has 0 unspecified atom stereocenters. The maximum absolute atomic E-state index is 13.3. The van der Waals surface area contributed by atoms with Crippen LogP contribution in [0.15, 0.2) is 66.0 Å². The predicted molar refractivity (Wildman–Crippen MR) is 139 cm³/mol. The molecule has 0 spiro atoms. The standard InChI is InChI=1S/C26H30N6O3S/c1-3-4-5-20-6-12-23(13-7-20)36(33,34)31-16-14-30(15-17-31)25-24(18-27-26-28-19-29-32(25)26)21-8-10-22(35-2)11-9-21/h6-13,18-19H,3-5,14-17H2,1-2H3. The van der Waals surface area contributed by atoms with Crippen molar-refractivity contribution in [1.29, 1.82) is 0 Å². The average molecular weight is 507 g/mol. The molecule has 36 heavy (non-hydrogen) atoms. The predicted octanol–water partition coefficient (Wildman–Crippen LogP) is 3.65. The number of rotatable bonds is 8. The minimum atomic E-state index is -3.56. The van der Waals surface area contributed by atoms with Crippen LogP contribution < -0.4 is 9.64 Å². The van der Waals surface area contributed by atoms with Crippen molar-refractivity contribution in [3.05, 3.63) is 66.6 Å². The van der Waals surface area contributed by atoms with Gasteiger partial charge in [0, 0.05) is 37.9 Å². The number of hydrogen-bond acceptors (Lipinski definition) is 7. The topological polar surface area (TPSA) is 92.9 Å². The highest BCUT2D eigenvalue weighted by atomic mass is 32.2. The van der Waals surface area contributed by atoms with Gasteiger partial charge in [0.05, 0.1) is 12.0 Å². The van der Waals surface area contributed by atoms with Gasteiger partial charge in [-0.15, -0.1) is 0 Å². The van der Waals surface area contributed by atoms with Gasteiger partial charge in [-0.05, 0) is 48.2 Å². The largest absolute Gasteiger partial charge is 0.497 e. The van der Waals surface area contributed by atoms with Crippen LogP contribution in [0.5, 0.6) is 5.75 Å². The second kappa shape index (κ2) is 10.2. The number of aryl methyl sites for hydroxylation is 1. The molecule has 0 saturated carbocycles. The number of piperazine rings is 1. The van der Waals surface area contributed by atoms with E-state index in [0.29, 0.717) is 36.9 Å². The fourth-order valence-electron chi connectivity index (χ4n) is 4.54. The van der Waals surface area contributed by atoms with Crippen LogP contribution in [0.2, 0.25) is 0 Å². The fraction of sp³-hybridized carbons (Fsp3) is 0.346. The van der Waals surface area contributed by atoms with Gasteiger partial charge in [-0.1, -0.05) is 37.6 Å². The molecule has 0 aliphatic carbocycles. The highest BCUT2D eigenvalue weighted by molar-refractivity contribution is 7.89. The first-order chi connectivity index (χ1) is 17.5. The maximum Gasteiger partial charge on any atom is 0.254 e. The number of benzene rings is 2. The van der Waals surface area contributed by atoms with Crippen molar-refractivity contribution in [2.45, 2.75) is 31.1 Å². The molecule has 3 heterocycles. The fourth-order valence-corrected chi connectivity index (χ4v) is 5.97. The number of hydrogen-bond donors (Lipinski definition) is 0. The monoisotopic (exact) mass is 506 g/mol. The van der Waals surface area contributed by atoms with Crippen molar-refractivity contribution in [3.63, 3.8) is 0 Å². The first-order valence-corrected chi connectivity index (χ1v) is 13.6. The van der Waals surface area contributed by atoms with Gasteiger partial charge in [0.1, 0.15) is 17.9 Å². The minimum Gasteiger partial charge on any atom is -0.497 e. The van der Waals surface area contributed by atoms with Crippen molar-refractivity contribution in [2.75, 3.05) is 38.2 Å². The van der Waals surface area contributed by atoms with E-state index in [2.05, 4.69) is 26.9 Å². The van der Waals surface area contributed by atoms with E-state index in [1.54, 1.807) is 34.3 Å². The second-order valence-electron chi connectivity index (χ2n) is 8.83. The Morgan fingerprint density at radius 1 is 0.944 bits per heavy atom. The summed E-state index contributed by atoms with van der Waals surface area (Å²) in [5.74, 6) is 2.12. The Morgan fingerprint density at radius 2 is 1.67 bits per heavy atom. The van der Waals surface area contributed by atoms with Crippen LogP contribution >= 0.6 is 0 Å². The third kappa shape index (κ3) is 4.66. The zero-order valence-electron chi connectivity index (χ0n) is 20.5. The molecule has 0 N–H and O–H groups in total. The second-order valence-corrected chi connectivity index (χ2v) is 10.8. The number of aromatic nitrogens is 4. The van der Waals surface area contributed by atoms with Gasteiger partial charge in [-0.25, -0.2) is 13.4 Å². The average Bonchev–Trinajstić information content (AvgIpc) is 3.41. The molecule has 10 heteroatoms. The number of fused-ring (bicyclic) bond motifs is 1. The van der Waals surface area contributed by atoms with Crippen LogP contribution in [0.4, 0.5) is 5.82 Å². The number of anilines is 1. The van der Waals surface area contributed by atoms with Crippen molar-refractivity contribution in [2.24, 2.45) is 0 Å². The normalized spacial score (nSPS) is 14.9. The first-order valence-electron chi connectivity index (χ1n) is 12.2. The lowest BCUT2D eigenvalue weighted by molar-refractivity contribution is 0.383. The van der Waals surface area contributed by atoms with Crippen LogP contribution in [-0.2, 0) is 16.4 Å². The van der Waals surface area contributed by atoms with Gasteiger partial charge >= 0.3 is 0 Å². The molecule has 1 aliphatic rings. The van der Waals surface area contributed by atoms with E-state index in [1.807, 2.05) is 36.4 Å². The molecular formula is C26H30N6O3S. The van der Waals surface area contributed by atoms with E-state index in [4.69, 9.17) is 4.74 Å². The first kappa shape index (κ1) is 24.2. The molecule has 0 bridgehead atoms. The summed E-state index contributed by atoms with van der Waals surface area (Å²) in [5, 5.41) is 4.40. The number of sulfonamides is 1. The maximum atomic E-state index is 13.3. The van der Waals surface area contributed by atoms with E-state index >= 15 is 0 Å². The van der Waals surface area contributed by atoms with Crippen LogP contribution in [-0.4, -0.2) is 65.6 Å². The van der Waals surface area contributed by atoms with Gasteiger partial charge in [0.2, 0.25) is 10.0 Å². The highest BCUT2D eigenvalue weighted by Crippen LogP contribution is 2.32. The van der Waals surface area contributed by atoms with E-state index in [1.165, 1.54) is 11.9 Å². The Kier molecular flexibility index (Phi) is 6.88. The van der Waals surface area contributed by atoms with Crippen LogP contribution in [0.3, 0.4) is 0 Å². The smallest absolute Gasteiger partial charge is 0.254 e. The van der Waals surface area contributed by atoms with Crippen molar-refractivity contribution in [1.82, 2.24) is 23.9 Å². The minimum absolute atomic E-state index is 0.345. The Morgan fingerprint density at radius 3 is 2.33 bits per heavy atom. The molecule has 0 amide bonds. The van der Waals surface area contributed by atoms with Gasteiger partial charge in [0.25, 0.3) is 5.78 Å². The molecule has 188 valence electrons. The summed E-state index contributed by atoms with van der Waals surface area (Å²) in [4.78, 5) is 11.2. The third-order valence-electron chi connectivity index (χ3n) is 6.60. The molecular weight excluding hydrogens is 476 g/mol. The molecule has 2 aromatic heterocycles. The molecule has 9 nitrogen and oxygen atoms in total. The van der Waals surface area contributed by atoms with Gasteiger partial charge in [-0.2, -0.15) is 18.9 Å². The summed E-state index contributed by atoms with van der Waals surface area (Å²) in [6.45, 7) is 3.95. The van der Waals surface area contributed by atoms with Crippen molar-refractivity contribution >= 4 is 21.6 Å². The third-order valence-corrected chi connectivity index (χ3v) is 8.51. The number of nitrogens with zero attached hydrogens (tertiary/aromatic N) is 6. The number of methoxy groups -OCH3 is 1. The Bertz CT molecular complexity index is 1430. The van der Waals surface area contributed by atoms with E-state index in [0.717, 1.165) is 42.0 Å². The lowest BCUT2D eigenvalue weighted by Crippen LogP contribution is -2.49. The molecule has 0 atom stereocenters. The number of ether oxygens (including phenoxy) is 1. The molecule has 1 fully saturated rings. The molecule has 1 saturated heterocycles. The van der Waals surface area contributed by atoms with Gasteiger partial charge < -0.3 is 9.64 Å². The zero-order chi connectivity index (χ0) is 25.1. The lowest BCUT2D eigenvalue weighted by Gasteiger charge is -2.36. The summed E-state index contributed by atoms with van der Waals surface area (Å²) in [6.07, 6.45) is 6.46. The van der Waals surface area contributed by atoms with Crippen LogP contribution in [0.1, 0.15) is 25.3 Å². The molecule has 5 rings (SSSR count). The van der Waals surface area contributed by atoms with Crippen LogP contribution in [0, 0.1) is 0 Å². The summed E-state index contributed by atoms with van der Waals surface area (Å²) >= 11 is 0. The lowest BCUT2D eigenvalue weighted by atomic mass is 10.1. The Balaban J connectivity index is 1.38. The summed E-state index contributed by atoms with van der Waals surface area (Å²) in [6, 6.07) is 15.1. The summed E-state index contributed by atoms with van der Waals surface area (Å²) in [5.41, 5.74) is 3.03. The van der Waals surface area contributed by atoms with E-state index in [9.17, 15) is 8.42 Å². The Hall–Kier alpha value is -3.50. The van der Waals surface area contributed by atoms with Crippen LogP contribution in [0.25, 0.3) is 16.9 Å². The molecule has 2 aromatic carbocycles. The molecule has 0 radical (unpaired) electrons. The van der Waals surface area contributed by atoms with Crippen molar-refractivity contribution in [3.8, 4) is 16.9 Å². The molecule has 4 aromatic rings. The molecule has 1 aliphatic heterocycles. The quantitative estimate of drug-likeness (QED) is 0.360. The number of unbranched alkanes of at least 4 members (excludes halogenated alkanes) is 1. The summed E-state index contributed by atoms with van der Waals surface area (Å²) in [7, 11) is -1.92. The van der Waals surface area contributed by atoms with Gasteiger partial charge in [-0.3, -0.25) is 0 Å². The SMILES string of the molecule is CCCCc1ccc(S(=O)(=O)N2CCN(c3c(-c4ccc(OC)cc4)cnc4ncnn34)CC2)cc1.